The van der Waals surface area contributed by atoms with Gasteiger partial charge in [-0.1, -0.05) is 24.3 Å². The summed E-state index contributed by atoms with van der Waals surface area (Å²) in [5.41, 5.74) is 2.79. The van der Waals surface area contributed by atoms with Crippen molar-refractivity contribution in [2.75, 3.05) is 0 Å². The van der Waals surface area contributed by atoms with Crippen LogP contribution in [-0.2, 0) is 6.61 Å². The summed E-state index contributed by atoms with van der Waals surface area (Å²) in [5.74, 6) is 0.495. The SMILES string of the molecule is Cc1ccc2c(COc3ncnc4ccccc34)cc(=O)oc2c1. The van der Waals surface area contributed by atoms with Gasteiger partial charge in [0.1, 0.15) is 18.5 Å². The van der Waals surface area contributed by atoms with Crippen LogP contribution in [0.4, 0.5) is 0 Å². The van der Waals surface area contributed by atoms with E-state index in [4.69, 9.17) is 9.15 Å². The maximum absolute atomic E-state index is 11.8. The first kappa shape index (κ1) is 14.4. The Hall–Kier alpha value is -3.21. The van der Waals surface area contributed by atoms with Crippen LogP contribution in [0.3, 0.4) is 0 Å². The molecule has 4 rings (SSSR count). The highest BCUT2D eigenvalue weighted by Gasteiger charge is 2.09. The molecule has 2 aromatic carbocycles. The van der Waals surface area contributed by atoms with Gasteiger partial charge in [0.2, 0.25) is 5.88 Å². The lowest BCUT2D eigenvalue weighted by Gasteiger charge is -2.09. The van der Waals surface area contributed by atoms with Crippen molar-refractivity contribution in [2.45, 2.75) is 13.5 Å². The summed E-state index contributed by atoms with van der Waals surface area (Å²) in [6.45, 7) is 2.18. The van der Waals surface area contributed by atoms with Crippen LogP contribution in [0, 0.1) is 6.92 Å². The summed E-state index contributed by atoms with van der Waals surface area (Å²) >= 11 is 0. The van der Waals surface area contributed by atoms with Crippen molar-refractivity contribution >= 4 is 21.9 Å². The fraction of sp³-hybridized carbons (Fsp3) is 0.105. The normalized spacial score (nSPS) is 11.0. The van der Waals surface area contributed by atoms with Crippen LogP contribution in [-0.4, -0.2) is 9.97 Å². The number of benzene rings is 2. The Labute approximate surface area is 137 Å². The topological polar surface area (TPSA) is 65.2 Å². The molecular formula is C19H14N2O3. The Morgan fingerprint density at radius 3 is 2.83 bits per heavy atom. The molecule has 5 nitrogen and oxygen atoms in total. The fourth-order valence-corrected chi connectivity index (χ4v) is 2.70. The van der Waals surface area contributed by atoms with Gasteiger partial charge in [0.25, 0.3) is 0 Å². The summed E-state index contributed by atoms with van der Waals surface area (Å²) < 4.78 is 11.1. The zero-order chi connectivity index (χ0) is 16.5. The first-order valence-electron chi connectivity index (χ1n) is 7.57. The number of nitrogens with zero attached hydrogens (tertiary/aromatic N) is 2. The van der Waals surface area contributed by atoms with Crippen molar-refractivity contribution in [3.8, 4) is 5.88 Å². The summed E-state index contributed by atoms with van der Waals surface area (Å²) in [4.78, 5) is 20.2. The highest BCUT2D eigenvalue weighted by molar-refractivity contribution is 5.83. The summed E-state index contributed by atoms with van der Waals surface area (Å²) in [6, 6.07) is 14.9. The zero-order valence-electron chi connectivity index (χ0n) is 13.0. The highest BCUT2D eigenvalue weighted by Crippen LogP contribution is 2.23. The molecular weight excluding hydrogens is 304 g/mol. The zero-order valence-corrected chi connectivity index (χ0v) is 13.0. The molecule has 0 saturated carbocycles. The lowest BCUT2D eigenvalue weighted by atomic mass is 10.1. The average Bonchev–Trinajstić information content (AvgIpc) is 2.59. The molecule has 0 radical (unpaired) electrons. The van der Waals surface area contributed by atoms with Gasteiger partial charge in [0.05, 0.1) is 10.9 Å². The van der Waals surface area contributed by atoms with Crippen LogP contribution in [0.1, 0.15) is 11.1 Å². The smallest absolute Gasteiger partial charge is 0.336 e. The number of hydrogen-bond acceptors (Lipinski definition) is 5. The predicted molar refractivity (Wildman–Crippen MR) is 91.1 cm³/mol. The molecule has 0 atom stereocenters. The first-order chi connectivity index (χ1) is 11.7. The van der Waals surface area contributed by atoms with Crippen LogP contribution < -0.4 is 10.4 Å². The molecule has 0 bridgehead atoms. The number of fused-ring (bicyclic) bond motifs is 2. The monoisotopic (exact) mass is 318 g/mol. The maximum Gasteiger partial charge on any atom is 0.336 e. The third-order valence-corrected chi connectivity index (χ3v) is 3.86. The molecule has 0 unspecified atom stereocenters. The van der Waals surface area contributed by atoms with Gasteiger partial charge in [-0.15, -0.1) is 0 Å². The average molecular weight is 318 g/mol. The molecule has 0 spiro atoms. The van der Waals surface area contributed by atoms with E-state index in [2.05, 4.69) is 9.97 Å². The quantitative estimate of drug-likeness (QED) is 0.540. The maximum atomic E-state index is 11.8. The standard InChI is InChI=1S/C19H14N2O3/c1-12-6-7-14-13(9-18(22)24-17(14)8-12)10-23-19-15-4-2-3-5-16(15)20-11-21-19/h2-9,11H,10H2,1H3. The molecule has 4 aromatic rings. The summed E-state index contributed by atoms with van der Waals surface area (Å²) in [6.07, 6.45) is 1.47. The number of rotatable bonds is 3. The molecule has 5 heteroatoms. The van der Waals surface area contributed by atoms with E-state index in [1.165, 1.54) is 12.4 Å². The molecule has 2 aromatic heterocycles. The Morgan fingerprint density at radius 1 is 1.04 bits per heavy atom. The molecule has 0 amide bonds. The minimum atomic E-state index is -0.390. The van der Waals surface area contributed by atoms with Gasteiger partial charge >= 0.3 is 5.63 Å². The second-order valence-corrected chi connectivity index (χ2v) is 5.57. The van der Waals surface area contributed by atoms with Crippen molar-refractivity contribution in [1.29, 1.82) is 0 Å². The molecule has 0 aliphatic carbocycles. The Morgan fingerprint density at radius 2 is 1.92 bits per heavy atom. The highest BCUT2D eigenvalue weighted by atomic mass is 16.5. The van der Waals surface area contributed by atoms with Crippen molar-refractivity contribution in [3.63, 3.8) is 0 Å². The minimum absolute atomic E-state index is 0.228. The van der Waals surface area contributed by atoms with Crippen LogP contribution in [0.2, 0.25) is 0 Å². The van der Waals surface area contributed by atoms with Crippen LogP contribution in [0.25, 0.3) is 21.9 Å². The molecule has 2 heterocycles. The van der Waals surface area contributed by atoms with Gasteiger partial charge in [-0.3, -0.25) is 0 Å². The van der Waals surface area contributed by atoms with Crippen LogP contribution in [0.5, 0.6) is 5.88 Å². The van der Waals surface area contributed by atoms with Gasteiger partial charge in [-0.25, -0.2) is 14.8 Å². The molecule has 0 aliphatic heterocycles. The molecule has 0 aliphatic rings. The molecule has 0 fully saturated rings. The van der Waals surface area contributed by atoms with Crippen LogP contribution in [0.15, 0.2) is 64.1 Å². The van der Waals surface area contributed by atoms with Gasteiger partial charge in [0, 0.05) is 17.0 Å². The molecule has 24 heavy (non-hydrogen) atoms. The predicted octanol–water partition coefficient (Wildman–Crippen LogP) is 3.62. The van der Waals surface area contributed by atoms with Gasteiger partial charge in [-0.2, -0.15) is 0 Å². The lowest BCUT2D eigenvalue weighted by molar-refractivity contribution is 0.298. The number of para-hydroxylation sites is 1. The second-order valence-electron chi connectivity index (χ2n) is 5.57. The third-order valence-electron chi connectivity index (χ3n) is 3.86. The van der Waals surface area contributed by atoms with E-state index in [9.17, 15) is 4.79 Å². The van der Waals surface area contributed by atoms with E-state index < -0.39 is 0 Å². The van der Waals surface area contributed by atoms with Crippen LogP contribution >= 0.6 is 0 Å². The summed E-state index contributed by atoms with van der Waals surface area (Å²) in [7, 11) is 0. The van der Waals surface area contributed by atoms with E-state index in [1.807, 2.05) is 49.4 Å². The summed E-state index contributed by atoms with van der Waals surface area (Å²) in [5, 5.41) is 1.70. The fourth-order valence-electron chi connectivity index (χ4n) is 2.70. The molecule has 118 valence electrons. The number of ether oxygens (including phenoxy) is 1. The Kier molecular flexibility index (Phi) is 3.46. The van der Waals surface area contributed by atoms with E-state index in [1.54, 1.807) is 0 Å². The van der Waals surface area contributed by atoms with Crippen molar-refractivity contribution in [2.24, 2.45) is 0 Å². The third kappa shape index (κ3) is 2.60. The van der Waals surface area contributed by atoms with Gasteiger partial charge in [-0.05, 0) is 30.7 Å². The van der Waals surface area contributed by atoms with Gasteiger partial charge < -0.3 is 9.15 Å². The largest absolute Gasteiger partial charge is 0.472 e. The van der Waals surface area contributed by atoms with Gasteiger partial charge in [0.15, 0.2) is 0 Å². The van der Waals surface area contributed by atoms with E-state index in [0.717, 1.165) is 27.4 Å². The Bertz CT molecular complexity index is 1100. The minimum Gasteiger partial charge on any atom is -0.472 e. The molecule has 0 saturated heterocycles. The van der Waals surface area contributed by atoms with Crippen molar-refractivity contribution in [1.82, 2.24) is 9.97 Å². The van der Waals surface area contributed by atoms with E-state index in [0.29, 0.717) is 11.5 Å². The lowest BCUT2D eigenvalue weighted by Crippen LogP contribution is -2.05. The van der Waals surface area contributed by atoms with Crippen molar-refractivity contribution in [3.05, 3.63) is 76.4 Å². The second kappa shape index (κ2) is 5.77. The van der Waals surface area contributed by atoms with E-state index in [-0.39, 0.29) is 12.2 Å². The van der Waals surface area contributed by atoms with E-state index >= 15 is 0 Å². The number of hydrogen-bond donors (Lipinski definition) is 0. The Balaban J connectivity index is 1.73. The molecule has 0 N–H and O–H groups in total. The number of aryl methyl sites for hydroxylation is 1. The number of aromatic nitrogens is 2. The first-order valence-corrected chi connectivity index (χ1v) is 7.57. The van der Waals surface area contributed by atoms with Crippen molar-refractivity contribution < 1.29 is 9.15 Å².